The molecule has 0 N–H and O–H groups in total. The lowest BCUT2D eigenvalue weighted by atomic mass is 9.78. The molecular weight excluding hydrogens is 559 g/mol. The van der Waals surface area contributed by atoms with Gasteiger partial charge < -0.3 is 28.6 Å². The number of fused-ring (bicyclic) bond motifs is 1. The Bertz CT molecular complexity index is 1350. The van der Waals surface area contributed by atoms with E-state index in [0.29, 0.717) is 53.5 Å². The Kier molecular flexibility index (Phi) is 8.41. The van der Waals surface area contributed by atoms with Crippen molar-refractivity contribution >= 4 is 53.2 Å². The van der Waals surface area contributed by atoms with Crippen molar-refractivity contribution in [1.29, 1.82) is 0 Å². The minimum atomic E-state index is -0.829. The van der Waals surface area contributed by atoms with Crippen LogP contribution in [0.1, 0.15) is 94.6 Å². The summed E-state index contributed by atoms with van der Waals surface area (Å²) in [5.41, 5.74) is -0.612. The Balaban J connectivity index is 1.81. The molecule has 0 saturated carbocycles. The zero-order chi connectivity index (χ0) is 31.6. The first-order valence-corrected chi connectivity index (χ1v) is 15.1. The molecule has 1 amide bonds. The van der Waals surface area contributed by atoms with E-state index in [9.17, 15) is 9.59 Å². The molecule has 2 fully saturated rings. The quantitative estimate of drug-likeness (QED) is 0.397. The molecule has 0 aliphatic carbocycles. The van der Waals surface area contributed by atoms with Gasteiger partial charge in [0.1, 0.15) is 17.0 Å². The van der Waals surface area contributed by atoms with Crippen LogP contribution in [-0.2, 0) is 18.8 Å². The summed E-state index contributed by atoms with van der Waals surface area (Å²) >= 11 is 7.20. The molecule has 0 unspecified atom stereocenters. The van der Waals surface area contributed by atoms with Gasteiger partial charge >= 0.3 is 19.3 Å². The third kappa shape index (κ3) is 6.24. The fourth-order valence-corrected chi connectivity index (χ4v) is 5.56. The van der Waals surface area contributed by atoms with Crippen LogP contribution in [0.3, 0.4) is 0 Å². The van der Waals surface area contributed by atoms with Gasteiger partial charge in [0, 0.05) is 31.6 Å². The molecule has 0 aromatic carbocycles. The fraction of sp³-hybridized carbons (Fsp3) is 0.700. The molecular formula is C30H46BClN4O6. The molecule has 2 saturated heterocycles. The molecule has 0 spiro atoms. The topological polar surface area (TPSA) is 95.4 Å². The maximum Gasteiger partial charge on any atom is 0.513 e. The van der Waals surface area contributed by atoms with Crippen molar-refractivity contribution in [1.82, 2.24) is 14.5 Å². The average Bonchev–Trinajstić information content (AvgIpc) is 3.28. The molecule has 2 aliphatic heterocycles. The summed E-state index contributed by atoms with van der Waals surface area (Å²) in [6, 6.07) is 0. The van der Waals surface area contributed by atoms with Crippen molar-refractivity contribution in [2.45, 2.75) is 111 Å². The number of halogens is 1. The van der Waals surface area contributed by atoms with E-state index < -0.39 is 35.6 Å². The maximum absolute atomic E-state index is 13.8. The summed E-state index contributed by atoms with van der Waals surface area (Å²) in [5.74, 6) is 0.554. The summed E-state index contributed by atoms with van der Waals surface area (Å²) < 4.78 is 25.9. The van der Waals surface area contributed by atoms with Gasteiger partial charge in [-0.2, -0.15) is 0 Å². The number of amides is 1. The van der Waals surface area contributed by atoms with Gasteiger partial charge in [-0.25, -0.2) is 14.6 Å². The Morgan fingerprint density at radius 1 is 0.929 bits per heavy atom. The van der Waals surface area contributed by atoms with Gasteiger partial charge in [0.25, 0.3) is 0 Å². The lowest BCUT2D eigenvalue weighted by Gasteiger charge is -2.36. The molecule has 0 bridgehead atoms. The molecule has 0 atom stereocenters. The molecule has 2 aromatic rings. The van der Waals surface area contributed by atoms with Crippen molar-refractivity contribution in [2.75, 3.05) is 31.1 Å². The number of rotatable bonds is 3. The number of carbonyl (C=O) groups excluding carboxylic acids is 2. The largest absolute Gasteiger partial charge is 0.513 e. The summed E-state index contributed by atoms with van der Waals surface area (Å²) in [6.45, 7) is 25.1. The normalized spacial score (nSPS) is 19.1. The maximum atomic E-state index is 13.8. The Morgan fingerprint density at radius 2 is 1.43 bits per heavy atom. The predicted molar refractivity (Wildman–Crippen MR) is 166 cm³/mol. The molecule has 232 valence electrons. The van der Waals surface area contributed by atoms with Crippen LogP contribution in [0, 0.1) is 0 Å². The summed E-state index contributed by atoms with van der Waals surface area (Å²) in [6.07, 6.45) is 0.780. The van der Waals surface area contributed by atoms with Crippen LogP contribution in [0.2, 0.25) is 5.02 Å². The van der Waals surface area contributed by atoms with Crippen LogP contribution in [-0.4, -0.2) is 82.3 Å². The minimum absolute atomic E-state index is 0.0398. The van der Waals surface area contributed by atoms with E-state index >= 15 is 0 Å². The van der Waals surface area contributed by atoms with Crippen molar-refractivity contribution in [3.05, 3.63) is 16.8 Å². The zero-order valence-electron chi connectivity index (χ0n) is 27.2. The predicted octanol–water partition coefficient (Wildman–Crippen LogP) is 5.95. The molecule has 12 heteroatoms. The first-order chi connectivity index (χ1) is 19.1. The van der Waals surface area contributed by atoms with Crippen molar-refractivity contribution in [3.8, 4) is 0 Å². The van der Waals surface area contributed by atoms with E-state index in [1.54, 1.807) is 11.1 Å². The van der Waals surface area contributed by atoms with Gasteiger partial charge in [-0.1, -0.05) is 25.4 Å². The summed E-state index contributed by atoms with van der Waals surface area (Å²) in [5, 5.41) is 1.14. The van der Waals surface area contributed by atoms with Crippen LogP contribution in [0.15, 0.2) is 6.20 Å². The van der Waals surface area contributed by atoms with Crippen LogP contribution in [0.5, 0.6) is 0 Å². The van der Waals surface area contributed by atoms with Crippen molar-refractivity contribution in [2.24, 2.45) is 0 Å². The van der Waals surface area contributed by atoms with Crippen molar-refractivity contribution in [3.63, 3.8) is 0 Å². The number of anilines is 1. The van der Waals surface area contributed by atoms with Crippen LogP contribution in [0.25, 0.3) is 10.9 Å². The highest BCUT2D eigenvalue weighted by Crippen LogP contribution is 2.41. The second-order valence-electron chi connectivity index (χ2n) is 14.5. The Labute approximate surface area is 255 Å². The standard InChI is InChI=1S/C30H46BClN4O6/c1-18(2)20-21-19(17-33-24(22(21)32)34-13-15-35(16-14-34)25(37)39-27(3,4)5)36(26(38)40-28(6,7)8)23(20)31-41-29(9,10)30(11,12)42-31/h17-18H,13-16H2,1-12H3. The second-order valence-corrected chi connectivity index (χ2v) is 14.8. The highest BCUT2D eigenvalue weighted by atomic mass is 35.5. The SMILES string of the molecule is CC(C)c1c(B2OC(C)(C)C(C)(C)O2)n(C(=O)OC(C)(C)C)c2cnc(N3CCN(C(=O)OC(C)(C)C)CC3)c(Cl)c12. The number of aromatic nitrogens is 2. The van der Waals surface area contributed by atoms with E-state index in [1.807, 2.05) is 69.2 Å². The molecule has 2 aliphatic rings. The number of piperazine rings is 1. The van der Waals surface area contributed by atoms with E-state index in [1.165, 1.54) is 4.57 Å². The zero-order valence-corrected chi connectivity index (χ0v) is 27.9. The van der Waals surface area contributed by atoms with Gasteiger partial charge in [0.05, 0.1) is 33.5 Å². The monoisotopic (exact) mass is 604 g/mol. The number of ether oxygens (including phenoxy) is 2. The summed E-state index contributed by atoms with van der Waals surface area (Å²) in [4.78, 5) is 34.9. The Hall–Kier alpha value is -2.50. The van der Waals surface area contributed by atoms with Gasteiger partial charge in [0.2, 0.25) is 0 Å². The van der Waals surface area contributed by atoms with E-state index in [2.05, 4.69) is 18.7 Å². The van der Waals surface area contributed by atoms with Crippen LogP contribution >= 0.6 is 11.6 Å². The molecule has 10 nitrogen and oxygen atoms in total. The Morgan fingerprint density at radius 3 is 1.90 bits per heavy atom. The smallest absolute Gasteiger partial charge is 0.444 e. The fourth-order valence-electron chi connectivity index (χ4n) is 5.20. The lowest BCUT2D eigenvalue weighted by molar-refractivity contribution is 0.00578. The number of hydrogen-bond donors (Lipinski definition) is 0. The third-order valence-corrected chi connectivity index (χ3v) is 8.23. The summed E-state index contributed by atoms with van der Waals surface area (Å²) in [7, 11) is -0.829. The van der Waals surface area contributed by atoms with Crippen LogP contribution < -0.4 is 10.5 Å². The third-order valence-electron chi connectivity index (χ3n) is 7.87. The first kappa shape index (κ1) is 32.4. The molecule has 0 radical (unpaired) electrons. The second kappa shape index (κ2) is 10.9. The number of pyridine rings is 1. The molecule has 4 heterocycles. The van der Waals surface area contributed by atoms with Gasteiger partial charge in [-0.3, -0.25) is 4.57 Å². The van der Waals surface area contributed by atoms with Gasteiger partial charge in [-0.15, -0.1) is 0 Å². The van der Waals surface area contributed by atoms with Crippen LogP contribution in [0.4, 0.5) is 15.4 Å². The average molecular weight is 605 g/mol. The first-order valence-electron chi connectivity index (χ1n) is 14.7. The molecule has 42 heavy (non-hydrogen) atoms. The minimum Gasteiger partial charge on any atom is -0.444 e. The lowest BCUT2D eigenvalue weighted by Crippen LogP contribution is -2.50. The van der Waals surface area contributed by atoms with E-state index in [4.69, 9.17) is 35.4 Å². The van der Waals surface area contributed by atoms with E-state index in [-0.39, 0.29) is 12.0 Å². The number of nitrogens with zero attached hydrogens (tertiary/aromatic N) is 4. The van der Waals surface area contributed by atoms with Crippen molar-refractivity contribution < 1.29 is 28.4 Å². The van der Waals surface area contributed by atoms with Gasteiger partial charge in [-0.05, 0) is 80.7 Å². The highest BCUT2D eigenvalue weighted by Gasteiger charge is 2.54. The number of hydrogen-bond acceptors (Lipinski definition) is 8. The molecule has 4 rings (SSSR count). The van der Waals surface area contributed by atoms with E-state index in [0.717, 1.165) is 5.56 Å². The molecule has 2 aromatic heterocycles. The highest BCUT2D eigenvalue weighted by molar-refractivity contribution is 6.63. The number of carbonyl (C=O) groups is 2. The van der Waals surface area contributed by atoms with Gasteiger partial charge in [0.15, 0.2) is 0 Å².